The number of rotatable bonds is 0. The number of esters is 1. The van der Waals surface area contributed by atoms with E-state index >= 15 is 0 Å². The summed E-state index contributed by atoms with van der Waals surface area (Å²) in [5.74, 6) is -0.0654. The SMILES string of the molecule is CC1=CC(=O)O[C@@H]2Cc3c(O)cc(O)cc3O[C@H]12. The van der Waals surface area contributed by atoms with Crippen LogP contribution in [0.25, 0.3) is 0 Å². The maximum atomic E-state index is 11.3. The highest BCUT2D eigenvalue weighted by molar-refractivity contribution is 5.84. The average molecular weight is 248 g/mol. The van der Waals surface area contributed by atoms with Gasteiger partial charge in [0.1, 0.15) is 23.4 Å². The second kappa shape index (κ2) is 3.66. The van der Waals surface area contributed by atoms with Crippen molar-refractivity contribution in [3.05, 3.63) is 29.3 Å². The molecule has 2 N–H and O–H groups in total. The highest BCUT2D eigenvalue weighted by Crippen LogP contribution is 2.40. The van der Waals surface area contributed by atoms with Crippen molar-refractivity contribution in [2.45, 2.75) is 25.6 Å². The first-order chi connectivity index (χ1) is 8.54. The van der Waals surface area contributed by atoms with Gasteiger partial charge < -0.3 is 19.7 Å². The van der Waals surface area contributed by atoms with Crippen LogP contribution in [0.1, 0.15) is 12.5 Å². The molecule has 0 saturated heterocycles. The molecule has 0 unspecified atom stereocenters. The Kier molecular flexibility index (Phi) is 2.23. The molecule has 0 bridgehead atoms. The fourth-order valence-electron chi connectivity index (χ4n) is 2.39. The summed E-state index contributed by atoms with van der Waals surface area (Å²) < 4.78 is 10.9. The van der Waals surface area contributed by atoms with Crippen molar-refractivity contribution in [3.8, 4) is 17.2 Å². The third kappa shape index (κ3) is 1.59. The van der Waals surface area contributed by atoms with E-state index in [4.69, 9.17) is 9.47 Å². The molecular weight excluding hydrogens is 236 g/mol. The van der Waals surface area contributed by atoms with Crippen LogP contribution in [0.2, 0.25) is 0 Å². The molecule has 0 amide bonds. The van der Waals surface area contributed by atoms with E-state index in [2.05, 4.69) is 0 Å². The average Bonchev–Trinajstić information content (AvgIpc) is 2.27. The molecule has 94 valence electrons. The summed E-state index contributed by atoms with van der Waals surface area (Å²) in [5, 5.41) is 19.2. The van der Waals surface area contributed by atoms with Gasteiger partial charge in [-0.15, -0.1) is 0 Å². The van der Waals surface area contributed by atoms with Crippen molar-refractivity contribution < 1.29 is 24.5 Å². The van der Waals surface area contributed by atoms with E-state index in [1.54, 1.807) is 6.92 Å². The number of phenols is 2. The fraction of sp³-hybridized carbons (Fsp3) is 0.308. The summed E-state index contributed by atoms with van der Waals surface area (Å²) in [6, 6.07) is 2.70. The van der Waals surface area contributed by atoms with Gasteiger partial charge in [0.25, 0.3) is 0 Å². The maximum Gasteiger partial charge on any atom is 0.331 e. The molecule has 2 atom stereocenters. The molecule has 0 aromatic heterocycles. The molecule has 0 saturated carbocycles. The maximum absolute atomic E-state index is 11.3. The summed E-state index contributed by atoms with van der Waals surface area (Å²) in [7, 11) is 0. The topological polar surface area (TPSA) is 76.0 Å². The van der Waals surface area contributed by atoms with Crippen molar-refractivity contribution in [3.63, 3.8) is 0 Å². The van der Waals surface area contributed by atoms with Gasteiger partial charge >= 0.3 is 5.97 Å². The minimum Gasteiger partial charge on any atom is -0.508 e. The molecule has 18 heavy (non-hydrogen) atoms. The van der Waals surface area contributed by atoms with Gasteiger partial charge in [-0.25, -0.2) is 4.79 Å². The lowest BCUT2D eigenvalue weighted by molar-refractivity contribution is -0.150. The number of carbonyl (C=O) groups is 1. The standard InChI is InChI=1S/C13H12O5/c1-6-2-12(16)17-11-5-8-9(15)3-7(14)4-10(8)18-13(6)11/h2-4,11,13-15H,5H2,1H3/t11-,13-/m1/s1. The fourth-order valence-corrected chi connectivity index (χ4v) is 2.39. The number of ether oxygens (including phenoxy) is 2. The Morgan fingerprint density at radius 1 is 1.28 bits per heavy atom. The first-order valence-corrected chi connectivity index (χ1v) is 5.65. The normalized spacial score (nSPS) is 25.4. The van der Waals surface area contributed by atoms with Gasteiger partial charge in [-0.3, -0.25) is 0 Å². The summed E-state index contributed by atoms with van der Waals surface area (Å²) in [4.78, 5) is 11.3. The Hall–Kier alpha value is -2.17. The third-order valence-corrected chi connectivity index (χ3v) is 3.23. The van der Waals surface area contributed by atoms with Crippen LogP contribution in [0.4, 0.5) is 0 Å². The van der Waals surface area contributed by atoms with Crippen LogP contribution in [-0.2, 0) is 16.0 Å². The Balaban J connectivity index is 2.04. The van der Waals surface area contributed by atoms with E-state index in [0.717, 1.165) is 5.57 Å². The van der Waals surface area contributed by atoms with Crippen molar-refractivity contribution in [2.24, 2.45) is 0 Å². The number of fused-ring (bicyclic) bond motifs is 2. The summed E-state index contributed by atoms with van der Waals surface area (Å²) in [6.45, 7) is 1.80. The molecule has 2 aliphatic rings. The highest BCUT2D eigenvalue weighted by Gasteiger charge is 2.38. The first kappa shape index (κ1) is 11.0. The van der Waals surface area contributed by atoms with E-state index in [0.29, 0.717) is 17.7 Å². The first-order valence-electron chi connectivity index (χ1n) is 5.65. The molecule has 0 spiro atoms. The van der Waals surface area contributed by atoms with Crippen molar-refractivity contribution >= 4 is 5.97 Å². The van der Waals surface area contributed by atoms with Crippen LogP contribution in [0, 0.1) is 0 Å². The Morgan fingerprint density at radius 2 is 2.06 bits per heavy atom. The number of carbonyl (C=O) groups excluding carboxylic acids is 1. The highest BCUT2D eigenvalue weighted by atomic mass is 16.6. The monoisotopic (exact) mass is 248 g/mol. The molecule has 2 aliphatic heterocycles. The van der Waals surface area contributed by atoms with Gasteiger partial charge in [0.2, 0.25) is 0 Å². The molecule has 3 rings (SSSR count). The molecule has 0 radical (unpaired) electrons. The van der Waals surface area contributed by atoms with Crippen LogP contribution >= 0.6 is 0 Å². The number of aromatic hydroxyl groups is 2. The molecule has 2 heterocycles. The molecule has 5 nitrogen and oxygen atoms in total. The number of hydrogen-bond donors (Lipinski definition) is 2. The second-order valence-corrected chi connectivity index (χ2v) is 4.55. The summed E-state index contributed by atoms with van der Waals surface area (Å²) >= 11 is 0. The van der Waals surface area contributed by atoms with Crippen LogP contribution in [0.3, 0.4) is 0 Å². The summed E-state index contributed by atoms with van der Waals surface area (Å²) in [6.07, 6.45) is 1.000. The van der Waals surface area contributed by atoms with E-state index in [1.165, 1.54) is 18.2 Å². The minimum absolute atomic E-state index is 0.0493. The number of benzene rings is 1. The van der Waals surface area contributed by atoms with Crippen LogP contribution < -0.4 is 4.74 Å². The Bertz CT molecular complexity index is 561. The van der Waals surface area contributed by atoms with Gasteiger partial charge in [-0.05, 0) is 12.5 Å². The second-order valence-electron chi connectivity index (χ2n) is 4.55. The zero-order chi connectivity index (χ0) is 12.9. The molecule has 5 heteroatoms. The number of hydrogen-bond acceptors (Lipinski definition) is 5. The largest absolute Gasteiger partial charge is 0.508 e. The van der Waals surface area contributed by atoms with Crippen molar-refractivity contribution in [1.29, 1.82) is 0 Å². The molecule has 0 fully saturated rings. The summed E-state index contributed by atoms with van der Waals surface area (Å²) in [5.41, 5.74) is 1.33. The van der Waals surface area contributed by atoms with Crippen LogP contribution in [-0.4, -0.2) is 28.4 Å². The third-order valence-electron chi connectivity index (χ3n) is 3.23. The van der Waals surface area contributed by atoms with Gasteiger partial charge in [0.15, 0.2) is 6.10 Å². The van der Waals surface area contributed by atoms with E-state index in [-0.39, 0.29) is 23.6 Å². The predicted octanol–water partition coefficient (Wildman–Crippen LogP) is 1.27. The molecule has 1 aromatic carbocycles. The minimum atomic E-state index is -0.426. The Labute approximate surface area is 103 Å². The van der Waals surface area contributed by atoms with Crippen molar-refractivity contribution in [1.82, 2.24) is 0 Å². The molecule has 1 aromatic rings. The lowest BCUT2D eigenvalue weighted by Crippen LogP contribution is -2.44. The lowest BCUT2D eigenvalue weighted by atomic mass is 9.93. The smallest absolute Gasteiger partial charge is 0.331 e. The van der Waals surface area contributed by atoms with E-state index < -0.39 is 6.10 Å². The predicted molar refractivity (Wildman–Crippen MR) is 61.5 cm³/mol. The van der Waals surface area contributed by atoms with Gasteiger partial charge in [0, 0.05) is 30.2 Å². The van der Waals surface area contributed by atoms with Gasteiger partial charge in [-0.1, -0.05) is 0 Å². The zero-order valence-corrected chi connectivity index (χ0v) is 9.71. The quantitative estimate of drug-likeness (QED) is 0.676. The van der Waals surface area contributed by atoms with Crippen LogP contribution in [0.5, 0.6) is 17.2 Å². The van der Waals surface area contributed by atoms with Gasteiger partial charge in [0.05, 0.1) is 0 Å². The molecular formula is C13H12O5. The van der Waals surface area contributed by atoms with E-state index in [1.807, 2.05) is 0 Å². The molecule has 0 aliphatic carbocycles. The van der Waals surface area contributed by atoms with Crippen molar-refractivity contribution in [2.75, 3.05) is 0 Å². The number of phenolic OH excluding ortho intramolecular Hbond substituents is 2. The lowest BCUT2D eigenvalue weighted by Gasteiger charge is -2.36. The van der Waals surface area contributed by atoms with Gasteiger partial charge in [-0.2, -0.15) is 0 Å². The van der Waals surface area contributed by atoms with E-state index in [9.17, 15) is 15.0 Å². The van der Waals surface area contributed by atoms with Crippen LogP contribution in [0.15, 0.2) is 23.8 Å². The zero-order valence-electron chi connectivity index (χ0n) is 9.71. The Morgan fingerprint density at radius 3 is 2.83 bits per heavy atom.